The van der Waals surface area contributed by atoms with E-state index in [9.17, 15) is 5.11 Å². The number of halogens is 1. The highest BCUT2D eigenvalue weighted by atomic mass is 127. The summed E-state index contributed by atoms with van der Waals surface area (Å²) in [5.74, 6) is 2.55. The molecule has 2 aromatic rings. The number of aromatic nitrogens is 3. The molecule has 2 aromatic heterocycles. The lowest BCUT2D eigenvalue weighted by molar-refractivity contribution is 0.181. The minimum Gasteiger partial charge on any atom is -0.396 e. The van der Waals surface area contributed by atoms with Crippen molar-refractivity contribution in [2.75, 3.05) is 12.3 Å². The van der Waals surface area contributed by atoms with Crippen LogP contribution in [-0.4, -0.2) is 26.1 Å². The van der Waals surface area contributed by atoms with Gasteiger partial charge in [0.25, 0.3) is 0 Å². The van der Waals surface area contributed by atoms with Gasteiger partial charge in [0.15, 0.2) is 5.82 Å². The quantitative estimate of drug-likeness (QED) is 0.793. The summed E-state index contributed by atoms with van der Waals surface area (Å²) in [5, 5.41) is 9.21. The van der Waals surface area contributed by atoms with Crippen molar-refractivity contribution in [3.05, 3.63) is 21.9 Å². The maximum atomic E-state index is 9.21. The van der Waals surface area contributed by atoms with Crippen molar-refractivity contribution in [3.8, 4) is 0 Å². The molecule has 19 heavy (non-hydrogen) atoms. The molecule has 3 rings (SSSR count). The SMILES string of the molecule is Nc1nccn2c1c(I)nc2[C@H]1CC[C@H](CO)CC1. The number of aliphatic hydroxyl groups excluding tert-OH is 1. The van der Waals surface area contributed by atoms with E-state index in [1.807, 2.05) is 6.20 Å². The summed E-state index contributed by atoms with van der Waals surface area (Å²) in [7, 11) is 0. The van der Waals surface area contributed by atoms with E-state index in [0.29, 0.717) is 24.3 Å². The second-order valence-corrected chi connectivity index (χ2v) is 6.21. The molecular weight excluding hydrogens is 355 g/mol. The summed E-state index contributed by atoms with van der Waals surface area (Å²) in [6, 6.07) is 0. The largest absolute Gasteiger partial charge is 0.396 e. The van der Waals surface area contributed by atoms with Crippen LogP contribution in [0.2, 0.25) is 0 Å². The maximum Gasteiger partial charge on any atom is 0.150 e. The molecule has 6 heteroatoms. The molecule has 0 saturated heterocycles. The predicted molar refractivity (Wildman–Crippen MR) is 81.9 cm³/mol. The third-order valence-corrected chi connectivity index (χ3v) is 4.79. The van der Waals surface area contributed by atoms with Crippen molar-refractivity contribution >= 4 is 33.9 Å². The van der Waals surface area contributed by atoms with Crippen LogP contribution in [-0.2, 0) is 0 Å². The standard InChI is InChI=1S/C13H17IN4O/c14-11-10-12(15)16-5-6-18(10)13(17-11)9-3-1-8(7-19)2-4-9/h5-6,8-9,19H,1-4,7H2,(H2,15,16)/t8-,9-. The second-order valence-electron chi connectivity index (χ2n) is 5.19. The van der Waals surface area contributed by atoms with E-state index in [0.717, 1.165) is 40.7 Å². The lowest BCUT2D eigenvalue weighted by Crippen LogP contribution is -2.17. The van der Waals surface area contributed by atoms with E-state index in [-0.39, 0.29) is 0 Å². The lowest BCUT2D eigenvalue weighted by atomic mass is 9.82. The van der Waals surface area contributed by atoms with Gasteiger partial charge in [0.2, 0.25) is 0 Å². The third kappa shape index (κ3) is 2.31. The number of nitrogens with zero attached hydrogens (tertiary/aromatic N) is 3. The first-order chi connectivity index (χ1) is 9.20. The van der Waals surface area contributed by atoms with Crippen LogP contribution in [0.5, 0.6) is 0 Å². The van der Waals surface area contributed by atoms with E-state index >= 15 is 0 Å². The summed E-state index contributed by atoms with van der Waals surface area (Å²) in [5.41, 5.74) is 6.85. The molecule has 1 fully saturated rings. The van der Waals surface area contributed by atoms with Gasteiger partial charge in [-0.2, -0.15) is 0 Å². The van der Waals surface area contributed by atoms with E-state index < -0.39 is 0 Å². The lowest BCUT2D eigenvalue weighted by Gasteiger charge is -2.26. The van der Waals surface area contributed by atoms with Gasteiger partial charge < -0.3 is 10.8 Å². The molecular formula is C13H17IN4O. The first kappa shape index (κ1) is 13.1. The molecule has 0 radical (unpaired) electrons. The monoisotopic (exact) mass is 372 g/mol. The summed E-state index contributed by atoms with van der Waals surface area (Å²) in [4.78, 5) is 8.82. The fourth-order valence-electron chi connectivity index (χ4n) is 2.93. The number of hydrogen-bond acceptors (Lipinski definition) is 4. The number of anilines is 1. The normalized spacial score (nSPS) is 23.9. The van der Waals surface area contributed by atoms with Crippen LogP contribution < -0.4 is 5.73 Å². The minimum absolute atomic E-state index is 0.309. The first-order valence-electron chi connectivity index (χ1n) is 6.59. The van der Waals surface area contributed by atoms with Crippen LogP contribution in [0, 0.1) is 9.62 Å². The summed E-state index contributed by atoms with van der Waals surface area (Å²) >= 11 is 2.22. The Morgan fingerprint density at radius 2 is 2.11 bits per heavy atom. The number of nitrogens with two attached hydrogens (primary N) is 1. The molecule has 2 heterocycles. The Bertz CT molecular complexity index is 590. The highest BCUT2D eigenvalue weighted by Gasteiger charge is 2.26. The van der Waals surface area contributed by atoms with Crippen LogP contribution in [0.3, 0.4) is 0 Å². The van der Waals surface area contributed by atoms with Gasteiger partial charge in [0.05, 0.1) is 0 Å². The molecule has 0 aromatic carbocycles. The zero-order chi connectivity index (χ0) is 13.4. The van der Waals surface area contributed by atoms with Crippen molar-refractivity contribution in [2.45, 2.75) is 31.6 Å². The second kappa shape index (κ2) is 5.24. The van der Waals surface area contributed by atoms with Crippen LogP contribution in [0.15, 0.2) is 12.4 Å². The van der Waals surface area contributed by atoms with Crippen LogP contribution in [0.1, 0.15) is 37.4 Å². The molecule has 3 N–H and O–H groups in total. The predicted octanol–water partition coefficient (Wildman–Crippen LogP) is 2.18. The average molecular weight is 372 g/mol. The zero-order valence-electron chi connectivity index (χ0n) is 10.6. The van der Waals surface area contributed by atoms with Gasteiger partial charge in [-0.25, -0.2) is 9.97 Å². The number of imidazole rings is 1. The number of rotatable bonds is 2. The van der Waals surface area contributed by atoms with Crippen LogP contribution in [0.25, 0.3) is 5.52 Å². The topological polar surface area (TPSA) is 76.4 Å². The van der Waals surface area contributed by atoms with Gasteiger partial charge in [-0.3, -0.25) is 4.40 Å². The van der Waals surface area contributed by atoms with Gasteiger partial charge >= 0.3 is 0 Å². The van der Waals surface area contributed by atoms with E-state index in [2.05, 4.69) is 32.0 Å². The molecule has 1 saturated carbocycles. The Kier molecular flexibility index (Phi) is 3.62. The fraction of sp³-hybridized carbons (Fsp3) is 0.538. The van der Waals surface area contributed by atoms with Crippen molar-refractivity contribution in [1.29, 1.82) is 0 Å². The summed E-state index contributed by atoms with van der Waals surface area (Å²) < 4.78 is 3.00. The molecule has 1 aliphatic rings. The minimum atomic E-state index is 0.309. The zero-order valence-corrected chi connectivity index (χ0v) is 12.7. The molecule has 5 nitrogen and oxygen atoms in total. The summed E-state index contributed by atoms with van der Waals surface area (Å²) in [6.45, 7) is 0.309. The van der Waals surface area contributed by atoms with E-state index in [1.54, 1.807) is 6.20 Å². The molecule has 0 spiro atoms. The van der Waals surface area contributed by atoms with Crippen LogP contribution >= 0.6 is 22.6 Å². The van der Waals surface area contributed by atoms with E-state index in [1.165, 1.54) is 0 Å². The van der Waals surface area contributed by atoms with Gasteiger partial charge in [0.1, 0.15) is 15.0 Å². The number of aliphatic hydroxyl groups is 1. The smallest absolute Gasteiger partial charge is 0.150 e. The fourth-order valence-corrected chi connectivity index (χ4v) is 3.72. The Hall–Kier alpha value is -0.890. The van der Waals surface area contributed by atoms with Gasteiger partial charge in [-0.05, 0) is 54.2 Å². The Morgan fingerprint density at radius 1 is 1.37 bits per heavy atom. The van der Waals surface area contributed by atoms with Gasteiger partial charge in [-0.15, -0.1) is 0 Å². The Labute approximate surface area is 125 Å². The molecule has 0 unspecified atom stereocenters. The first-order valence-corrected chi connectivity index (χ1v) is 7.67. The van der Waals surface area contributed by atoms with E-state index in [4.69, 9.17) is 10.7 Å². The number of nitrogen functional groups attached to an aromatic ring is 1. The van der Waals surface area contributed by atoms with Gasteiger partial charge in [-0.1, -0.05) is 0 Å². The van der Waals surface area contributed by atoms with Crippen molar-refractivity contribution < 1.29 is 5.11 Å². The third-order valence-electron chi connectivity index (χ3n) is 4.04. The number of hydrogen-bond donors (Lipinski definition) is 2. The van der Waals surface area contributed by atoms with Gasteiger partial charge in [0, 0.05) is 24.9 Å². The van der Waals surface area contributed by atoms with Crippen molar-refractivity contribution in [1.82, 2.24) is 14.4 Å². The highest BCUT2D eigenvalue weighted by Crippen LogP contribution is 2.36. The number of fused-ring (bicyclic) bond motifs is 1. The highest BCUT2D eigenvalue weighted by molar-refractivity contribution is 14.1. The molecule has 0 aliphatic heterocycles. The van der Waals surface area contributed by atoms with Crippen molar-refractivity contribution in [3.63, 3.8) is 0 Å². The molecule has 0 atom stereocenters. The van der Waals surface area contributed by atoms with Crippen LogP contribution in [0.4, 0.5) is 5.82 Å². The maximum absolute atomic E-state index is 9.21. The molecule has 0 bridgehead atoms. The average Bonchev–Trinajstić information content (AvgIpc) is 2.78. The van der Waals surface area contributed by atoms with Crippen molar-refractivity contribution in [2.24, 2.45) is 5.92 Å². The summed E-state index contributed by atoms with van der Waals surface area (Å²) in [6.07, 6.45) is 7.99. The Morgan fingerprint density at radius 3 is 2.79 bits per heavy atom. The molecule has 0 amide bonds. The molecule has 1 aliphatic carbocycles. The Balaban J connectivity index is 1.96. The molecule has 102 valence electrons.